The number of nitrogens with one attached hydrogen (secondary N) is 1. The first-order valence-corrected chi connectivity index (χ1v) is 6.25. The predicted octanol–water partition coefficient (Wildman–Crippen LogP) is -0.953. The molecule has 0 unspecified atom stereocenters. The average molecular weight is 222 g/mol. The number of rotatable bonds is 4. The normalized spacial score (nSPS) is 17.3. The number of hydrogen-bond donors (Lipinski definition) is 2. The predicted molar refractivity (Wildman–Crippen MR) is 63.7 cm³/mol. The molecule has 0 radical (unpaired) electrons. The van der Waals surface area contributed by atoms with Crippen LogP contribution in [0.3, 0.4) is 0 Å². The monoisotopic (exact) mass is 222 g/mol. The van der Waals surface area contributed by atoms with E-state index in [4.69, 9.17) is 4.74 Å². The number of ether oxygens (including phenoxy) is 1. The molecule has 0 atom stereocenters. The Bertz CT molecular complexity index is 304. The molecule has 0 amide bonds. The molecule has 0 bridgehead atoms. The van der Waals surface area contributed by atoms with Crippen molar-refractivity contribution < 1.29 is 15.0 Å². The van der Waals surface area contributed by atoms with Crippen molar-refractivity contribution in [3.63, 3.8) is 0 Å². The summed E-state index contributed by atoms with van der Waals surface area (Å²) in [5.41, 5.74) is 1.42. The Labute approximate surface area is 97.4 Å². The quantitative estimate of drug-likeness (QED) is 0.676. The van der Waals surface area contributed by atoms with Crippen molar-refractivity contribution in [3.8, 4) is 5.75 Å². The van der Waals surface area contributed by atoms with Gasteiger partial charge in [-0.05, 0) is 31.2 Å². The van der Waals surface area contributed by atoms with Gasteiger partial charge in [-0.2, -0.15) is 0 Å². The van der Waals surface area contributed by atoms with Crippen LogP contribution < -0.4 is 15.0 Å². The number of quaternary nitrogens is 2. The fourth-order valence-electron chi connectivity index (χ4n) is 2.22. The highest BCUT2D eigenvalue weighted by molar-refractivity contribution is 5.26. The second-order valence-electron chi connectivity index (χ2n) is 4.37. The van der Waals surface area contributed by atoms with Crippen LogP contribution in [0.1, 0.15) is 12.5 Å². The largest absolute Gasteiger partial charge is 0.494 e. The van der Waals surface area contributed by atoms with Crippen LogP contribution in [0.4, 0.5) is 0 Å². The Morgan fingerprint density at radius 3 is 2.50 bits per heavy atom. The molecule has 1 aliphatic rings. The van der Waals surface area contributed by atoms with Gasteiger partial charge in [0.15, 0.2) is 0 Å². The van der Waals surface area contributed by atoms with Crippen LogP contribution >= 0.6 is 0 Å². The molecule has 0 aromatic heterocycles. The molecular weight excluding hydrogens is 200 g/mol. The van der Waals surface area contributed by atoms with Gasteiger partial charge in [0.05, 0.1) is 6.61 Å². The number of hydrogen-bond acceptors (Lipinski definition) is 1. The van der Waals surface area contributed by atoms with Gasteiger partial charge in [-0.3, -0.25) is 0 Å². The third-order valence-corrected chi connectivity index (χ3v) is 3.09. The van der Waals surface area contributed by atoms with Crippen molar-refractivity contribution in [2.45, 2.75) is 13.5 Å². The van der Waals surface area contributed by atoms with E-state index in [0.29, 0.717) is 0 Å². The van der Waals surface area contributed by atoms with Crippen LogP contribution in [0.25, 0.3) is 0 Å². The maximum Gasteiger partial charge on any atom is 0.127 e. The summed E-state index contributed by atoms with van der Waals surface area (Å²) in [6, 6.07) is 8.54. The number of benzene rings is 1. The third kappa shape index (κ3) is 3.22. The smallest absolute Gasteiger partial charge is 0.127 e. The molecule has 1 fully saturated rings. The van der Waals surface area contributed by atoms with Crippen LogP contribution in [0.2, 0.25) is 0 Å². The molecule has 16 heavy (non-hydrogen) atoms. The summed E-state index contributed by atoms with van der Waals surface area (Å²) in [4.78, 5) is 1.70. The Morgan fingerprint density at radius 2 is 1.88 bits per heavy atom. The second-order valence-corrected chi connectivity index (χ2v) is 4.37. The lowest BCUT2D eigenvalue weighted by Crippen LogP contribution is -3.19. The SMILES string of the molecule is CCOc1ccc(C[NH+]2CC[NH2+]CC2)cc1. The van der Waals surface area contributed by atoms with E-state index in [1.807, 2.05) is 6.92 Å². The summed E-state index contributed by atoms with van der Waals surface area (Å²) < 4.78 is 5.44. The maximum absolute atomic E-state index is 5.44. The first-order chi connectivity index (χ1) is 7.88. The average Bonchev–Trinajstić information content (AvgIpc) is 2.33. The van der Waals surface area contributed by atoms with Gasteiger partial charge in [0.25, 0.3) is 0 Å². The summed E-state index contributed by atoms with van der Waals surface area (Å²) in [6.45, 7) is 9.02. The lowest BCUT2D eigenvalue weighted by molar-refractivity contribution is -0.958. The van der Waals surface area contributed by atoms with E-state index in [0.717, 1.165) is 18.9 Å². The van der Waals surface area contributed by atoms with Crippen molar-refractivity contribution in [3.05, 3.63) is 29.8 Å². The molecule has 3 N–H and O–H groups in total. The molecule has 1 aromatic rings. The molecular formula is C13H22N2O+2. The molecule has 0 saturated carbocycles. The zero-order chi connectivity index (χ0) is 11.2. The zero-order valence-corrected chi connectivity index (χ0v) is 10.0. The Balaban J connectivity index is 1.88. The second kappa shape index (κ2) is 5.87. The lowest BCUT2D eigenvalue weighted by atomic mass is 10.2. The van der Waals surface area contributed by atoms with Crippen LogP contribution in [-0.2, 0) is 6.54 Å². The van der Waals surface area contributed by atoms with Gasteiger partial charge in [-0.15, -0.1) is 0 Å². The van der Waals surface area contributed by atoms with Crippen molar-refractivity contribution in [1.82, 2.24) is 0 Å². The fraction of sp³-hybridized carbons (Fsp3) is 0.538. The Hall–Kier alpha value is -1.06. The van der Waals surface area contributed by atoms with Gasteiger partial charge in [-0.25, -0.2) is 0 Å². The zero-order valence-electron chi connectivity index (χ0n) is 10.0. The van der Waals surface area contributed by atoms with Crippen molar-refractivity contribution >= 4 is 0 Å². The minimum Gasteiger partial charge on any atom is -0.494 e. The van der Waals surface area contributed by atoms with Gasteiger partial charge in [0.2, 0.25) is 0 Å². The van der Waals surface area contributed by atoms with Gasteiger partial charge in [-0.1, -0.05) is 0 Å². The topological polar surface area (TPSA) is 30.3 Å². The van der Waals surface area contributed by atoms with E-state index < -0.39 is 0 Å². The summed E-state index contributed by atoms with van der Waals surface area (Å²) in [7, 11) is 0. The highest BCUT2D eigenvalue weighted by atomic mass is 16.5. The molecule has 1 aliphatic heterocycles. The van der Waals surface area contributed by atoms with E-state index in [-0.39, 0.29) is 0 Å². The van der Waals surface area contributed by atoms with E-state index in [1.54, 1.807) is 4.90 Å². The maximum atomic E-state index is 5.44. The third-order valence-electron chi connectivity index (χ3n) is 3.09. The first-order valence-electron chi connectivity index (χ1n) is 6.25. The summed E-state index contributed by atoms with van der Waals surface area (Å²) in [5.74, 6) is 0.980. The van der Waals surface area contributed by atoms with Crippen molar-refractivity contribution in [2.24, 2.45) is 0 Å². The van der Waals surface area contributed by atoms with Gasteiger partial charge in [0.1, 0.15) is 38.5 Å². The molecule has 1 aromatic carbocycles. The fourth-order valence-corrected chi connectivity index (χ4v) is 2.22. The van der Waals surface area contributed by atoms with Gasteiger partial charge >= 0.3 is 0 Å². The number of nitrogens with two attached hydrogens (primary N) is 1. The Kier molecular flexibility index (Phi) is 4.19. The van der Waals surface area contributed by atoms with Gasteiger partial charge in [0, 0.05) is 5.56 Å². The molecule has 88 valence electrons. The molecule has 3 nitrogen and oxygen atoms in total. The minimum atomic E-state index is 0.743. The van der Waals surface area contributed by atoms with E-state index >= 15 is 0 Å². The minimum absolute atomic E-state index is 0.743. The lowest BCUT2D eigenvalue weighted by Gasteiger charge is -2.22. The van der Waals surface area contributed by atoms with Crippen LogP contribution in [-0.4, -0.2) is 32.8 Å². The van der Waals surface area contributed by atoms with E-state index in [1.165, 1.54) is 31.7 Å². The van der Waals surface area contributed by atoms with Crippen molar-refractivity contribution in [2.75, 3.05) is 32.8 Å². The Morgan fingerprint density at radius 1 is 1.19 bits per heavy atom. The standard InChI is InChI=1S/C13H20N2O/c1-2-16-13-5-3-12(4-6-13)11-15-9-7-14-8-10-15/h3-6,14H,2,7-11H2,1H3/p+2. The molecule has 1 heterocycles. The molecule has 1 saturated heterocycles. The first kappa shape index (κ1) is 11.4. The number of piperazine rings is 1. The molecule has 3 heteroatoms. The van der Waals surface area contributed by atoms with Crippen LogP contribution in [0.15, 0.2) is 24.3 Å². The molecule has 0 spiro atoms. The van der Waals surface area contributed by atoms with Crippen LogP contribution in [0, 0.1) is 0 Å². The van der Waals surface area contributed by atoms with Crippen LogP contribution in [0.5, 0.6) is 5.75 Å². The summed E-state index contributed by atoms with van der Waals surface area (Å²) in [5, 5.41) is 2.40. The van der Waals surface area contributed by atoms with E-state index in [9.17, 15) is 0 Å². The van der Waals surface area contributed by atoms with E-state index in [2.05, 4.69) is 29.6 Å². The molecule has 2 rings (SSSR count). The summed E-state index contributed by atoms with van der Waals surface area (Å²) in [6.07, 6.45) is 0. The van der Waals surface area contributed by atoms with Crippen molar-refractivity contribution in [1.29, 1.82) is 0 Å². The highest BCUT2D eigenvalue weighted by Crippen LogP contribution is 2.11. The molecule has 0 aliphatic carbocycles. The highest BCUT2D eigenvalue weighted by Gasteiger charge is 2.15. The van der Waals surface area contributed by atoms with Gasteiger partial charge < -0.3 is 15.0 Å². The summed E-state index contributed by atoms with van der Waals surface area (Å²) >= 11 is 0.